The number of phenols is 1. The van der Waals surface area contributed by atoms with Gasteiger partial charge in [-0.15, -0.1) is 0 Å². The summed E-state index contributed by atoms with van der Waals surface area (Å²) in [6.45, 7) is 7.92. The monoisotopic (exact) mass is 703 g/mol. The zero-order chi connectivity index (χ0) is 35.7. The van der Waals surface area contributed by atoms with Gasteiger partial charge < -0.3 is 25.1 Å². The summed E-state index contributed by atoms with van der Waals surface area (Å²) in [5, 5.41) is 12.8. The Morgan fingerprint density at radius 3 is 2.22 bits per heavy atom. The molecule has 1 aromatic carbocycles. The van der Waals surface area contributed by atoms with E-state index in [1.54, 1.807) is 17.0 Å². The van der Waals surface area contributed by atoms with Crippen molar-refractivity contribution in [3.8, 4) is 5.75 Å². The Bertz CT molecular complexity index is 1400. The fourth-order valence-corrected chi connectivity index (χ4v) is 11.6. The lowest BCUT2D eigenvalue weighted by atomic mass is 9.49. The molecule has 4 unspecified atom stereocenters. The fourth-order valence-electron chi connectivity index (χ4n) is 11.6. The zero-order valence-corrected chi connectivity index (χ0v) is 31.1. The van der Waals surface area contributed by atoms with Crippen LogP contribution in [-0.4, -0.2) is 112 Å². The maximum atomic E-state index is 14.3. The van der Waals surface area contributed by atoms with Crippen molar-refractivity contribution in [2.45, 2.75) is 134 Å². The van der Waals surface area contributed by atoms with Crippen LogP contribution in [0, 0.1) is 23.2 Å². The predicted molar refractivity (Wildman–Crippen MR) is 196 cm³/mol. The lowest BCUT2D eigenvalue weighted by Gasteiger charge is -2.57. The average molecular weight is 704 g/mol. The SMILES string of the molecule is CCCCC1CN(C(Cc2ccc(O)cc2)CN2CCCC2CN2C(=O)C(=O)NCC2CCC)C(=O)C(=O)N1CCC12CC3CC(CC(C3)C1)C2. The highest BCUT2D eigenvalue weighted by Gasteiger charge is 2.51. The van der Waals surface area contributed by atoms with Crippen molar-refractivity contribution in [3.05, 3.63) is 29.8 Å². The minimum atomic E-state index is -0.527. The molecule has 3 saturated heterocycles. The van der Waals surface area contributed by atoms with E-state index in [1.165, 1.54) is 38.5 Å². The van der Waals surface area contributed by atoms with Crippen LogP contribution < -0.4 is 5.32 Å². The first-order chi connectivity index (χ1) is 24.6. The number of nitrogens with one attached hydrogen (secondary N) is 1. The number of carbonyl (C=O) groups excluding carboxylic acids is 4. The number of hydrogen-bond donors (Lipinski definition) is 2. The van der Waals surface area contributed by atoms with E-state index in [2.05, 4.69) is 24.1 Å². The topological polar surface area (TPSA) is 113 Å². The summed E-state index contributed by atoms with van der Waals surface area (Å²) in [5.74, 6) is 1.08. The van der Waals surface area contributed by atoms with Crippen molar-refractivity contribution < 1.29 is 24.3 Å². The molecule has 3 heterocycles. The second kappa shape index (κ2) is 15.5. The maximum Gasteiger partial charge on any atom is 0.312 e. The van der Waals surface area contributed by atoms with Crippen LogP contribution in [0.3, 0.4) is 0 Å². The van der Waals surface area contributed by atoms with Crippen LogP contribution in [0.1, 0.15) is 109 Å². The quantitative estimate of drug-likeness (QED) is 0.256. The van der Waals surface area contributed by atoms with Gasteiger partial charge in [-0.2, -0.15) is 0 Å². The van der Waals surface area contributed by atoms with Gasteiger partial charge in [-0.3, -0.25) is 24.1 Å². The van der Waals surface area contributed by atoms with Gasteiger partial charge in [0.2, 0.25) is 0 Å². The fraction of sp³-hybridized carbons (Fsp3) is 0.756. The van der Waals surface area contributed by atoms with Gasteiger partial charge in [0, 0.05) is 56.9 Å². The molecular weight excluding hydrogens is 642 g/mol. The summed E-state index contributed by atoms with van der Waals surface area (Å²) in [4.78, 5) is 62.1. The van der Waals surface area contributed by atoms with Crippen molar-refractivity contribution in [2.75, 3.05) is 39.3 Å². The van der Waals surface area contributed by atoms with E-state index < -0.39 is 17.7 Å². The standard InChI is InChI=1S/C41H61N5O5/c1-3-5-8-34-27-46(40(51)39(50)44(34)16-14-41-21-29-17-30(22-41)19-31(18-29)23-41)35(20-28-10-12-36(47)13-11-28)25-43-15-6-9-33(43)26-45-32(7-4-2)24-42-37(48)38(45)49/h10-13,29-35,47H,3-9,14-27H2,1-2H3,(H,42,48). The molecule has 51 heavy (non-hydrogen) atoms. The van der Waals surface area contributed by atoms with Gasteiger partial charge in [-0.05, 0) is 124 Å². The Morgan fingerprint density at radius 2 is 1.55 bits per heavy atom. The summed E-state index contributed by atoms with van der Waals surface area (Å²) >= 11 is 0. The highest BCUT2D eigenvalue weighted by molar-refractivity contribution is 6.36. The molecule has 4 aliphatic carbocycles. The Hall–Kier alpha value is -3.14. The molecule has 280 valence electrons. The lowest BCUT2D eigenvalue weighted by Crippen LogP contribution is -2.64. The van der Waals surface area contributed by atoms with Gasteiger partial charge in [0.25, 0.3) is 0 Å². The molecular formula is C41H61N5O5. The van der Waals surface area contributed by atoms with E-state index in [-0.39, 0.29) is 35.8 Å². The van der Waals surface area contributed by atoms with E-state index in [4.69, 9.17) is 0 Å². The van der Waals surface area contributed by atoms with E-state index in [1.807, 2.05) is 21.9 Å². The van der Waals surface area contributed by atoms with Crippen molar-refractivity contribution in [3.63, 3.8) is 0 Å². The third-order valence-corrected chi connectivity index (χ3v) is 13.7. The number of amides is 4. The molecule has 3 aliphatic heterocycles. The summed E-state index contributed by atoms with van der Waals surface area (Å²) in [6.07, 6.45) is 16.3. The molecule has 10 heteroatoms. The van der Waals surface area contributed by atoms with E-state index >= 15 is 0 Å². The van der Waals surface area contributed by atoms with Crippen molar-refractivity contribution in [2.24, 2.45) is 23.2 Å². The van der Waals surface area contributed by atoms with E-state index in [0.717, 1.165) is 81.2 Å². The molecule has 4 saturated carbocycles. The Labute approximate surface area is 304 Å². The molecule has 4 atom stereocenters. The largest absolute Gasteiger partial charge is 0.508 e. The minimum absolute atomic E-state index is 0.0000381. The molecule has 7 fully saturated rings. The van der Waals surface area contributed by atoms with Gasteiger partial charge >= 0.3 is 23.6 Å². The highest BCUT2D eigenvalue weighted by atomic mass is 16.3. The molecule has 0 aromatic heterocycles. The van der Waals surface area contributed by atoms with Crippen LogP contribution in [-0.2, 0) is 25.6 Å². The molecule has 10 nitrogen and oxygen atoms in total. The molecule has 4 bridgehead atoms. The number of unbranched alkanes of at least 4 members (excludes halogenated alkanes) is 1. The van der Waals surface area contributed by atoms with Crippen molar-refractivity contribution in [1.82, 2.24) is 24.9 Å². The minimum Gasteiger partial charge on any atom is -0.508 e. The third-order valence-electron chi connectivity index (χ3n) is 13.7. The van der Waals surface area contributed by atoms with E-state index in [0.29, 0.717) is 44.6 Å². The Balaban J connectivity index is 1.10. The van der Waals surface area contributed by atoms with Gasteiger partial charge in [-0.25, -0.2) is 0 Å². The smallest absolute Gasteiger partial charge is 0.312 e. The van der Waals surface area contributed by atoms with Crippen LogP contribution >= 0.6 is 0 Å². The summed E-state index contributed by atoms with van der Waals surface area (Å²) in [6, 6.07) is 7.01. The van der Waals surface area contributed by atoms with Crippen molar-refractivity contribution >= 4 is 23.6 Å². The van der Waals surface area contributed by atoms with Crippen LogP contribution in [0.4, 0.5) is 0 Å². The number of benzene rings is 1. The van der Waals surface area contributed by atoms with E-state index in [9.17, 15) is 24.3 Å². The number of carbonyl (C=O) groups is 4. The molecule has 1 aromatic rings. The average Bonchev–Trinajstić information content (AvgIpc) is 3.54. The second-order valence-electron chi connectivity index (χ2n) is 17.3. The lowest BCUT2D eigenvalue weighted by molar-refractivity contribution is -0.162. The van der Waals surface area contributed by atoms with Crippen LogP contribution in [0.2, 0.25) is 0 Å². The third kappa shape index (κ3) is 7.81. The zero-order valence-electron chi connectivity index (χ0n) is 31.1. The summed E-state index contributed by atoms with van der Waals surface area (Å²) in [5.41, 5.74) is 1.36. The molecule has 4 amide bonds. The summed E-state index contributed by atoms with van der Waals surface area (Å²) in [7, 11) is 0. The number of phenolic OH excluding ortho intramolecular Hbond substituents is 1. The first-order valence-electron chi connectivity index (χ1n) is 20.4. The van der Waals surface area contributed by atoms with Crippen LogP contribution in [0.25, 0.3) is 0 Å². The number of aromatic hydroxyl groups is 1. The number of rotatable bonds is 15. The number of likely N-dealkylation sites (tertiary alicyclic amines) is 1. The Kier molecular flexibility index (Phi) is 11.0. The first-order valence-corrected chi connectivity index (χ1v) is 20.4. The maximum absolute atomic E-state index is 14.3. The molecule has 7 aliphatic rings. The molecule has 0 radical (unpaired) electrons. The predicted octanol–water partition coefficient (Wildman–Crippen LogP) is 4.73. The second-order valence-corrected chi connectivity index (χ2v) is 17.3. The number of piperazine rings is 2. The van der Waals surface area contributed by atoms with Gasteiger partial charge in [0.05, 0.1) is 0 Å². The first kappa shape index (κ1) is 36.2. The van der Waals surface area contributed by atoms with Crippen molar-refractivity contribution in [1.29, 1.82) is 0 Å². The normalized spacial score (nSPS) is 33.0. The van der Waals surface area contributed by atoms with Crippen LogP contribution in [0.5, 0.6) is 5.75 Å². The van der Waals surface area contributed by atoms with Crippen LogP contribution in [0.15, 0.2) is 24.3 Å². The summed E-state index contributed by atoms with van der Waals surface area (Å²) < 4.78 is 0. The number of hydrogen-bond acceptors (Lipinski definition) is 6. The molecule has 0 spiro atoms. The highest BCUT2D eigenvalue weighted by Crippen LogP contribution is 2.61. The van der Waals surface area contributed by atoms with Gasteiger partial charge in [-0.1, -0.05) is 45.2 Å². The molecule has 8 rings (SSSR count). The van der Waals surface area contributed by atoms with Gasteiger partial charge in [0.15, 0.2) is 0 Å². The Morgan fingerprint density at radius 1 is 0.843 bits per heavy atom. The van der Waals surface area contributed by atoms with Gasteiger partial charge in [0.1, 0.15) is 5.75 Å². The number of nitrogens with zero attached hydrogens (tertiary/aromatic N) is 4. The molecule has 2 N–H and O–H groups in total.